The minimum atomic E-state index is -0.645. The fraction of sp³-hybridized carbons (Fsp3) is 0.267. The molecule has 0 atom stereocenters. The second-order valence-corrected chi connectivity index (χ2v) is 4.59. The highest BCUT2D eigenvalue weighted by atomic mass is 16.3. The van der Waals surface area contributed by atoms with Crippen molar-refractivity contribution in [2.45, 2.75) is 26.8 Å². The smallest absolute Gasteiger partial charge is 0.265 e. The van der Waals surface area contributed by atoms with Crippen LogP contribution in [-0.4, -0.2) is 21.2 Å². The molecule has 104 valence electrons. The quantitative estimate of drug-likeness (QED) is 0.681. The molecule has 0 saturated carbocycles. The van der Waals surface area contributed by atoms with Crippen molar-refractivity contribution in [3.63, 3.8) is 0 Å². The average Bonchev–Trinajstić information content (AvgIpc) is 2.38. The van der Waals surface area contributed by atoms with E-state index in [2.05, 4.69) is 0 Å². The highest BCUT2D eigenvalue weighted by Gasteiger charge is 2.22. The Kier molecular flexibility index (Phi) is 3.70. The second kappa shape index (κ2) is 5.28. The van der Waals surface area contributed by atoms with Gasteiger partial charge in [0.15, 0.2) is 5.78 Å². The number of Topliss-reactive ketones (excluding diaryl/α,β-unsaturated/α-hetero) is 2. The topological polar surface area (TPSA) is 76.4 Å². The summed E-state index contributed by atoms with van der Waals surface area (Å²) in [6.07, 6.45) is -0.384. The van der Waals surface area contributed by atoms with E-state index in [0.29, 0.717) is 17.4 Å². The molecule has 2 aromatic rings. The third kappa shape index (κ3) is 2.22. The van der Waals surface area contributed by atoms with Gasteiger partial charge in [0.2, 0.25) is 0 Å². The highest BCUT2D eigenvalue weighted by molar-refractivity contribution is 6.10. The van der Waals surface area contributed by atoms with Crippen molar-refractivity contribution in [3.05, 3.63) is 40.2 Å². The number of para-hydroxylation sites is 1. The minimum Gasteiger partial charge on any atom is -0.506 e. The van der Waals surface area contributed by atoms with Gasteiger partial charge in [-0.25, -0.2) is 0 Å². The summed E-state index contributed by atoms with van der Waals surface area (Å²) in [7, 11) is 0. The molecule has 0 spiro atoms. The summed E-state index contributed by atoms with van der Waals surface area (Å²) in [5.41, 5.74) is -0.299. The molecule has 1 aromatic heterocycles. The molecule has 0 aliphatic rings. The van der Waals surface area contributed by atoms with Crippen LogP contribution in [0.3, 0.4) is 0 Å². The molecule has 0 unspecified atom stereocenters. The number of fused-ring (bicyclic) bond motifs is 1. The molecule has 1 N–H and O–H groups in total. The van der Waals surface area contributed by atoms with Crippen LogP contribution in [0.25, 0.3) is 10.9 Å². The van der Waals surface area contributed by atoms with Gasteiger partial charge < -0.3 is 9.67 Å². The Morgan fingerprint density at radius 3 is 2.50 bits per heavy atom. The van der Waals surface area contributed by atoms with E-state index in [9.17, 15) is 19.5 Å². The number of benzene rings is 1. The number of rotatable bonds is 4. The summed E-state index contributed by atoms with van der Waals surface area (Å²) in [5.74, 6) is -1.33. The van der Waals surface area contributed by atoms with Gasteiger partial charge in [0.05, 0.1) is 11.9 Å². The van der Waals surface area contributed by atoms with Gasteiger partial charge in [0.25, 0.3) is 5.56 Å². The van der Waals surface area contributed by atoms with Crippen molar-refractivity contribution in [2.24, 2.45) is 0 Å². The maximum absolute atomic E-state index is 12.3. The van der Waals surface area contributed by atoms with E-state index in [1.54, 1.807) is 31.2 Å². The van der Waals surface area contributed by atoms with Crippen LogP contribution in [0.5, 0.6) is 5.75 Å². The number of hydrogen-bond donors (Lipinski definition) is 1. The maximum atomic E-state index is 12.3. The van der Waals surface area contributed by atoms with Crippen molar-refractivity contribution < 1.29 is 14.7 Å². The molecule has 5 nitrogen and oxygen atoms in total. The Labute approximate surface area is 115 Å². The van der Waals surface area contributed by atoms with Crippen LogP contribution >= 0.6 is 0 Å². The molecular formula is C15H15NO4. The Hall–Kier alpha value is -2.43. The van der Waals surface area contributed by atoms with E-state index in [1.807, 2.05) is 0 Å². The standard InChI is InChI=1S/C15H15NO4/c1-3-16-11-7-5-4-6-10(11)14(19)13(15(16)20)12(18)8-9(2)17/h4-7,19H,3,8H2,1-2H3. The van der Waals surface area contributed by atoms with Crippen LogP contribution in [0.15, 0.2) is 29.1 Å². The lowest BCUT2D eigenvalue weighted by Gasteiger charge is -2.12. The van der Waals surface area contributed by atoms with Crippen molar-refractivity contribution in [2.75, 3.05) is 0 Å². The zero-order chi connectivity index (χ0) is 14.9. The summed E-state index contributed by atoms with van der Waals surface area (Å²) in [4.78, 5) is 35.4. The van der Waals surface area contributed by atoms with Gasteiger partial charge in [0.1, 0.15) is 17.1 Å². The Bertz CT molecular complexity index is 758. The maximum Gasteiger partial charge on any atom is 0.265 e. The summed E-state index contributed by atoms with van der Waals surface area (Å²) in [6, 6.07) is 6.82. The number of carbonyl (C=O) groups excluding carboxylic acids is 2. The molecule has 2 rings (SSSR count). The van der Waals surface area contributed by atoms with Gasteiger partial charge >= 0.3 is 0 Å². The third-order valence-corrected chi connectivity index (χ3v) is 3.15. The number of ketones is 2. The number of nitrogens with zero attached hydrogens (tertiary/aromatic N) is 1. The number of pyridine rings is 1. The molecule has 0 amide bonds. The molecule has 1 aromatic carbocycles. The first-order valence-corrected chi connectivity index (χ1v) is 6.34. The molecule has 0 radical (unpaired) electrons. The molecule has 1 heterocycles. The molecule has 0 aliphatic heterocycles. The van der Waals surface area contributed by atoms with E-state index < -0.39 is 11.3 Å². The molecule has 0 bridgehead atoms. The SMILES string of the molecule is CCn1c(=O)c(C(=O)CC(C)=O)c(O)c2ccccc21. The van der Waals surface area contributed by atoms with Crippen molar-refractivity contribution in [1.82, 2.24) is 4.57 Å². The number of aryl methyl sites for hydroxylation is 1. The highest BCUT2D eigenvalue weighted by Crippen LogP contribution is 2.26. The van der Waals surface area contributed by atoms with Crippen LogP contribution < -0.4 is 5.56 Å². The van der Waals surface area contributed by atoms with Crippen molar-refractivity contribution in [3.8, 4) is 5.75 Å². The normalized spacial score (nSPS) is 10.7. The Balaban J connectivity index is 2.82. The van der Waals surface area contributed by atoms with Gasteiger partial charge in [-0.05, 0) is 26.0 Å². The van der Waals surface area contributed by atoms with E-state index in [-0.39, 0.29) is 23.5 Å². The van der Waals surface area contributed by atoms with E-state index in [4.69, 9.17) is 0 Å². The molecule has 20 heavy (non-hydrogen) atoms. The summed E-state index contributed by atoms with van der Waals surface area (Å²) in [5, 5.41) is 10.6. The van der Waals surface area contributed by atoms with Crippen LogP contribution in [0.4, 0.5) is 0 Å². The fourth-order valence-electron chi connectivity index (χ4n) is 2.27. The van der Waals surface area contributed by atoms with E-state index >= 15 is 0 Å². The number of carbonyl (C=O) groups is 2. The first kappa shape index (κ1) is 14.0. The molecule has 0 aliphatic carbocycles. The summed E-state index contributed by atoms with van der Waals surface area (Å²) >= 11 is 0. The van der Waals surface area contributed by atoms with Crippen LogP contribution in [0, 0.1) is 0 Å². The predicted molar refractivity (Wildman–Crippen MR) is 75.2 cm³/mol. The monoisotopic (exact) mass is 273 g/mol. The number of hydrogen-bond acceptors (Lipinski definition) is 4. The first-order valence-electron chi connectivity index (χ1n) is 6.34. The molecule has 0 saturated heterocycles. The van der Waals surface area contributed by atoms with Crippen LogP contribution in [-0.2, 0) is 11.3 Å². The van der Waals surface area contributed by atoms with Crippen LogP contribution in [0.2, 0.25) is 0 Å². The Morgan fingerprint density at radius 2 is 1.90 bits per heavy atom. The zero-order valence-corrected chi connectivity index (χ0v) is 11.3. The van der Waals surface area contributed by atoms with Gasteiger partial charge in [-0.15, -0.1) is 0 Å². The second-order valence-electron chi connectivity index (χ2n) is 4.59. The van der Waals surface area contributed by atoms with E-state index in [0.717, 1.165) is 0 Å². The zero-order valence-electron chi connectivity index (χ0n) is 11.3. The summed E-state index contributed by atoms with van der Waals surface area (Å²) in [6.45, 7) is 3.43. The average molecular weight is 273 g/mol. The van der Waals surface area contributed by atoms with E-state index in [1.165, 1.54) is 11.5 Å². The van der Waals surface area contributed by atoms with Crippen molar-refractivity contribution >= 4 is 22.5 Å². The first-order chi connectivity index (χ1) is 9.47. The summed E-state index contributed by atoms with van der Waals surface area (Å²) < 4.78 is 1.42. The Morgan fingerprint density at radius 1 is 1.25 bits per heavy atom. The molecule has 5 heteroatoms. The minimum absolute atomic E-state index is 0.305. The van der Waals surface area contributed by atoms with Gasteiger partial charge in [0, 0.05) is 11.9 Å². The lowest BCUT2D eigenvalue weighted by atomic mass is 10.0. The third-order valence-electron chi connectivity index (χ3n) is 3.15. The van der Waals surface area contributed by atoms with Gasteiger partial charge in [-0.1, -0.05) is 12.1 Å². The van der Waals surface area contributed by atoms with Gasteiger partial charge in [-0.3, -0.25) is 14.4 Å². The van der Waals surface area contributed by atoms with Crippen molar-refractivity contribution in [1.29, 1.82) is 0 Å². The van der Waals surface area contributed by atoms with Crippen LogP contribution in [0.1, 0.15) is 30.6 Å². The largest absolute Gasteiger partial charge is 0.506 e. The number of aromatic hydroxyl groups is 1. The fourth-order valence-corrected chi connectivity index (χ4v) is 2.27. The molecule has 0 fully saturated rings. The number of aromatic nitrogens is 1. The predicted octanol–water partition coefficient (Wildman–Crippen LogP) is 1.89. The molecular weight excluding hydrogens is 258 g/mol. The van der Waals surface area contributed by atoms with Gasteiger partial charge in [-0.2, -0.15) is 0 Å². The lowest BCUT2D eigenvalue weighted by molar-refractivity contribution is -0.116. The lowest BCUT2D eigenvalue weighted by Crippen LogP contribution is -2.27.